The molecule has 0 aliphatic rings. The van der Waals surface area contributed by atoms with Crippen molar-refractivity contribution in [2.75, 3.05) is 33.9 Å². The number of ether oxygens (including phenoxy) is 1. The summed E-state index contributed by atoms with van der Waals surface area (Å²) in [5.74, 6) is 0. The first kappa shape index (κ1) is 11.2. The summed E-state index contributed by atoms with van der Waals surface area (Å²) in [6, 6.07) is -0.0198. The Morgan fingerprint density at radius 1 is 1.58 bits per heavy atom. The van der Waals surface area contributed by atoms with Crippen molar-refractivity contribution in [1.29, 1.82) is 0 Å². The van der Waals surface area contributed by atoms with Gasteiger partial charge in [-0.3, -0.25) is 0 Å². The van der Waals surface area contributed by atoms with E-state index in [4.69, 9.17) is 4.74 Å². The Bertz CT molecular complexity index is 128. The molecular weight excluding hydrogens is 156 g/mol. The van der Waals surface area contributed by atoms with Crippen LogP contribution in [-0.4, -0.2) is 44.8 Å². The van der Waals surface area contributed by atoms with Crippen molar-refractivity contribution in [1.82, 2.24) is 10.2 Å². The Balaban J connectivity index is 3.31. The number of carbonyl (C=O) groups is 1. The molecule has 0 saturated carbocycles. The van der Waals surface area contributed by atoms with E-state index in [9.17, 15) is 4.79 Å². The van der Waals surface area contributed by atoms with Gasteiger partial charge in [0.1, 0.15) is 0 Å². The second-order valence-corrected chi connectivity index (χ2v) is 2.59. The third-order valence-corrected chi connectivity index (χ3v) is 1.62. The molecule has 0 heterocycles. The second kappa shape index (κ2) is 6.91. The highest BCUT2D eigenvalue weighted by atomic mass is 16.5. The van der Waals surface area contributed by atoms with Gasteiger partial charge >= 0.3 is 6.03 Å². The average Bonchev–Trinajstić information content (AvgIpc) is 2.10. The predicted octanol–water partition coefficient (Wildman–Crippen LogP) is 0.684. The van der Waals surface area contributed by atoms with Gasteiger partial charge in [0.25, 0.3) is 0 Å². The Labute approximate surface area is 73.9 Å². The van der Waals surface area contributed by atoms with Crippen LogP contribution in [0.2, 0.25) is 0 Å². The zero-order chi connectivity index (χ0) is 9.40. The van der Waals surface area contributed by atoms with E-state index < -0.39 is 0 Å². The maximum Gasteiger partial charge on any atom is 0.317 e. The Morgan fingerprint density at radius 3 is 2.75 bits per heavy atom. The predicted molar refractivity (Wildman–Crippen MR) is 48.2 cm³/mol. The Morgan fingerprint density at radius 2 is 2.25 bits per heavy atom. The summed E-state index contributed by atoms with van der Waals surface area (Å²) in [6.07, 6.45) is 0.861. The number of nitrogens with one attached hydrogen (secondary N) is 1. The van der Waals surface area contributed by atoms with E-state index in [1.54, 1.807) is 19.1 Å². The Kier molecular flexibility index (Phi) is 6.47. The first-order valence-corrected chi connectivity index (χ1v) is 4.20. The van der Waals surface area contributed by atoms with Crippen molar-refractivity contribution < 1.29 is 9.53 Å². The van der Waals surface area contributed by atoms with Crippen molar-refractivity contribution in [3.8, 4) is 0 Å². The standard InChI is InChI=1S/C8H18N2O2/c1-4-10(2)8(11)9-6-5-7-12-3/h4-7H2,1-3H3,(H,9,11). The molecule has 12 heavy (non-hydrogen) atoms. The maximum atomic E-state index is 11.1. The van der Waals surface area contributed by atoms with E-state index in [0.717, 1.165) is 13.0 Å². The zero-order valence-electron chi connectivity index (χ0n) is 8.09. The molecule has 4 nitrogen and oxygen atoms in total. The molecule has 0 fully saturated rings. The van der Waals surface area contributed by atoms with Gasteiger partial charge in [0.15, 0.2) is 0 Å². The van der Waals surface area contributed by atoms with Gasteiger partial charge in [0, 0.05) is 33.9 Å². The van der Waals surface area contributed by atoms with Gasteiger partial charge in [0.05, 0.1) is 0 Å². The monoisotopic (exact) mass is 174 g/mol. The number of carbonyl (C=O) groups excluding carboxylic acids is 1. The summed E-state index contributed by atoms with van der Waals surface area (Å²) in [5, 5.41) is 2.78. The smallest absolute Gasteiger partial charge is 0.317 e. The molecule has 0 aliphatic heterocycles. The highest BCUT2D eigenvalue weighted by molar-refractivity contribution is 5.73. The fourth-order valence-electron chi connectivity index (χ4n) is 0.690. The lowest BCUT2D eigenvalue weighted by atomic mass is 10.4. The van der Waals surface area contributed by atoms with Crippen molar-refractivity contribution in [2.24, 2.45) is 0 Å². The molecule has 72 valence electrons. The SMILES string of the molecule is CCN(C)C(=O)NCCCOC. The normalized spacial score (nSPS) is 9.58. The number of hydrogen-bond acceptors (Lipinski definition) is 2. The largest absolute Gasteiger partial charge is 0.385 e. The van der Waals surface area contributed by atoms with Crippen LogP contribution in [0, 0.1) is 0 Å². The van der Waals surface area contributed by atoms with Crippen molar-refractivity contribution in [2.45, 2.75) is 13.3 Å². The van der Waals surface area contributed by atoms with Crippen LogP contribution in [0.5, 0.6) is 0 Å². The average molecular weight is 174 g/mol. The number of urea groups is 1. The van der Waals surface area contributed by atoms with Gasteiger partial charge in [-0.05, 0) is 13.3 Å². The van der Waals surface area contributed by atoms with Crippen molar-refractivity contribution in [3.05, 3.63) is 0 Å². The molecule has 0 bridgehead atoms. The molecule has 0 rings (SSSR count). The number of amides is 2. The lowest BCUT2D eigenvalue weighted by Crippen LogP contribution is -2.37. The van der Waals surface area contributed by atoms with Gasteiger partial charge in [-0.1, -0.05) is 0 Å². The topological polar surface area (TPSA) is 41.6 Å². The van der Waals surface area contributed by atoms with Crippen LogP contribution < -0.4 is 5.32 Å². The maximum absolute atomic E-state index is 11.1. The molecule has 0 atom stereocenters. The molecule has 0 aliphatic carbocycles. The van der Waals surface area contributed by atoms with Crippen LogP contribution in [0.3, 0.4) is 0 Å². The summed E-state index contributed by atoms with van der Waals surface area (Å²) in [4.78, 5) is 12.7. The molecule has 2 amide bonds. The quantitative estimate of drug-likeness (QED) is 0.623. The lowest BCUT2D eigenvalue weighted by Gasteiger charge is -2.14. The van der Waals surface area contributed by atoms with Crippen LogP contribution >= 0.6 is 0 Å². The molecular formula is C8H18N2O2. The molecule has 0 aromatic carbocycles. The van der Waals surface area contributed by atoms with Gasteiger partial charge in [-0.25, -0.2) is 4.79 Å². The number of methoxy groups -OCH3 is 1. The zero-order valence-corrected chi connectivity index (χ0v) is 8.09. The lowest BCUT2D eigenvalue weighted by molar-refractivity contribution is 0.189. The summed E-state index contributed by atoms with van der Waals surface area (Å²) >= 11 is 0. The minimum atomic E-state index is -0.0198. The van der Waals surface area contributed by atoms with E-state index >= 15 is 0 Å². The van der Waals surface area contributed by atoms with Crippen LogP contribution in [0.15, 0.2) is 0 Å². The van der Waals surface area contributed by atoms with Gasteiger partial charge in [-0.15, -0.1) is 0 Å². The summed E-state index contributed by atoms with van der Waals surface area (Å²) in [5.41, 5.74) is 0. The molecule has 4 heteroatoms. The van der Waals surface area contributed by atoms with Crippen LogP contribution in [0.4, 0.5) is 4.79 Å². The fraction of sp³-hybridized carbons (Fsp3) is 0.875. The second-order valence-electron chi connectivity index (χ2n) is 2.59. The van der Waals surface area contributed by atoms with Crippen molar-refractivity contribution in [3.63, 3.8) is 0 Å². The molecule has 0 aromatic rings. The van der Waals surface area contributed by atoms with Gasteiger partial charge in [0.2, 0.25) is 0 Å². The van der Waals surface area contributed by atoms with Gasteiger partial charge < -0.3 is 15.0 Å². The highest BCUT2D eigenvalue weighted by Crippen LogP contribution is 1.83. The summed E-state index contributed by atoms with van der Waals surface area (Å²) in [6.45, 7) is 4.04. The molecule has 0 radical (unpaired) electrons. The van der Waals surface area contributed by atoms with Crippen LogP contribution in [-0.2, 0) is 4.74 Å². The minimum Gasteiger partial charge on any atom is -0.385 e. The summed E-state index contributed by atoms with van der Waals surface area (Å²) in [7, 11) is 3.42. The third-order valence-electron chi connectivity index (χ3n) is 1.62. The first-order chi connectivity index (χ1) is 5.72. The first-order valence-electron chi connectivity index (χ1n) is 4.20. The minimum absolute atomic E-state index is 0.0198. The van der Waals surface area contributed by atoms with E-state index in [1.165, 1.54) is 0 Å². The molecule has 0 unspecified atom stereocenters. The van der Waals surface area contributed by atoms with Crippen LogP contribution in [0.25, 0.3) is 0 Å². The number of nitrogens with zero attached hydrogens (tertiary/aromatic N) is 1. The third kappa shape index (κ3) is 4.96. The van der Waals surface area contributed by atoms with Crippen LogP contribution in [0.1, 0.15) is 13.3 Å². The Hall–Kier alpha value is -0.770. The molecule has 0 aromatic heterocycles. The number of rotatable bonds is 5. The van der Waals surface area contributed by atoms with E-state index in [0.29, 0.717) is 13.2 Å². The fourth-order valence-corrected chi connectivity index (χ4v) is 0.690. The van der Waals surface area contributed by atoms with E-state index in [-0.39, 0.29) is 6.03 Å². The molecule has 1 N–H and O–H groups in total. The number of hydrogen-bond donors (Lipinski definition) is 1. The summed E-state index contributed by atoms with van der Waals surface area (Å²) < 4.78 is 4.85. The molecule has 0 spiro atoms. The van der Waals surface area contributed by atoms with Gasteiger partial charge in [-0.2, -0.15) is 0 Å². The van der Waals surface area contributed by atoms with E-state index in [1.807, 2.05) is 6.92 Å². The van der Waals surface area contributed by atoms with Crippen molar-refractivity contribution >= 4 is 6.03 Å². The van der Waals surface area contributed by atoms with E-state index in [2.05, 4.69) is 5.32 Å². The highest BCUT2D eigenvalue weighted by Gasteiger charge is 2.03. The molecule has 0 saturated heterocycles.